The van der Waals surface area contributed by atoms with E-state index in [0.29, 0.717) is 0 Å². The Bertz CT molecular complexity index is 1090. The maximum atomic E-state index is 14.1. The SMILES string of the molecule is O=C(NCC(=O)N(c1cccc(F)c1)[C@H](C(=O)NC1CCCC1)c1ccco1)c1ccco1. The molecule has 1 aliphatic rings. The van der Waals surface area contributed by atoms with E-state index in [4.69, 9.17) is 8.83 Å². The first-order valence-corrected chi connectivity index (χ1v) is 10.8. The van der Waals surface area contributed by atoms with Gasteiger partial charge in [0.25, 0.3) is 11.8 Å². The van der Waals surface area contributed by atoms with Crippen LogP contribution in [0.25, 0.3) is 0 Å². The highest BCUT2D eigenvalue weighted by molar-refractivity contribution is 6.04. The van der Waals surface area contributed by atoms with Crippen molar-refractivity contribution in [2.24, 2.45) is 0 Å². The molecule has 33 heavy (non-hydrogen) atoms. The van der Waals surface area contributed by atoms with Crippen molar-refractivity contribution >= 4 is 23.4 Å². The summed E-state index contributed by atoms with van der Waals surface area (Å²) in [6, 6.07) is 10.4. The number of nitrogens with zero attached hydrogens (tertiary/aromatic N) is 1. The summed E-state index contributed by atoms with van der Waals surface area (Å²) in [5.74, 6) is -1.95. The van der Waals surface area contributed by atoms with Gasteiger partial charge in [-0.25, -0.2) is 4.39 Å². The van der Waals surface area contributed by atoms with Crippen LogP contribution >= 0.6 is 0 Å². The number of hydrogen-bond acceptors (Lipinski definition) is 5. The first kappa shape index (κ1) is 22.3. The van der Waals surface area contributed by atoms with Crippen molar-refractivity contribution in [2.75, 3.05) is 11.4 Å². The lowest BCUT2D eigenvalue weighted by Crippen LogP contribution is -2.49. The number of halogens is 1. The molecular formula is C24H24FN3O5. The summed E-state index contributed by atoms with van der Waals surface area (Å²) in [5, 5.41) is 5.47. The zero-order chi connectivity index (χ0) is 23.2. The summed E-state index contributed by atoms with van der Waals surface area (Å²) < 4.78 is 24.6. The van der Waals surface area contributed by atoms with Gasteiger partial charge in [-0.05, 0) is 55.3 Å². The molecule has 0 saturated heterocycles. The average molecular weight is 453 g/mol. The van der Waals surface area contributed by atoms with Crippen molar-refractivity contribution in [2.45, 2.75) is 37.8 Å². The number of hydrogen-bond donors (Lipinski definition) is 2. The zero-order valence-corrected chi connectivity index (χ0v) is 17.8. The van der Waals surface area contributed by atoms with Crippen LogP contribution < -0.4 is 15.5 Å². The van der Waals surface area contributed by atoms with Gasteiger partial charge in [0.1, 0.15) is 11.6 Å². The lowest BCUT2D eigenvalue weighted by molar-refractivity contribution is -0.127. The maximum absolute atomic E-state index is 14.1. The smallest absolute Gasteiger partial charge is 0.287 e. The van der Waals surface area contributed by atoms with Gasteiger partial charge in [0, 0.05) is 11.7 Å². The van der Waals surface area contributed by atoms with Crippen LogP contribution in [0, 0.1) is 5.82 Å². The van der Waals surface area contributed by atoms with Gasteiger partial charge >= 0.3 is 0 Å². The van der Waals surface area contributed by atoms with Crippen LogP contribution in [0.15, 0.2) is 69.9 Å². The monoisotopic (exact) mass is 453 g/mol. The molecule has 0 spiro atoms. The van der Waals surface area contributed by atoms with Crippen LogP contribution in [-0.4, -0.2) is 30.3 Å². The third kappa shape index (κ3) is 5.31. The van der Waals surface area contributed by atoms with Gasteiger partial charge in [-0.15, -0.1) is 0 Å². The minimum atomic E-state index is -1.18. The molecule has 1 saturated carbocycles. The maximum Gasteiger partial charge on any atom is 0.287 e. The first-order chi connectivity index (χ1) is 16.0. The molecule has 2 heterocycles. The first-order valence-electron chi connectivity index (χ1n) is 10.8. The molecule has 2 aromatic heterocycles. The number of carbonyl (C=O) groups is 3. The Morgan fingerprint density at radius 1 is 1.03 bits per heavy atom. The topological polar surface area (TPSA) is 105 Å². The number of nitrogens with one attached hydrogen (secondary N) is 2. The molecule has 1 atom stereocenters. The van der Waals surface area contributed by atoms with E-state index in [-0.39, 0.29) is 23.2 Å². The van der Waals surface area contributed by atoms with Crippen LogP contribution in [0.2, 0.25) is 0 Å². The second-order valence-electron chi connectivity index (χ2n) is 7.81. The fraction of sp³-hybridized carbons (Fsp3) is 0.292. The molecule has 1 fully saturated rings. The number of carbonyl (C=O) groups excluding carboxylic acids is 3. The summed E-state index contributed by atoms with van der Waals surface area (Å²) in [5.41, 5.74) is 0.162. The van der Waals surface area contributed by atoms with Gasteiger partial charge in [0.2, 0.25) is 5.91 Å². The molecule has 2 N–H and O–H groups in total. The van der Waals surface area contributed by atoms with E-state index in [9.17, 15) is 18.8 Å². The van der Waals surface area contributed by atoms with Crippen LogP contribution in [-0.2, 0) is 9.59 Å². The Morgan fingerprint density at radius 2 is 1.79 bits per heavy atom. The van der Waals surface area contributed by atoms with Crippen LogP contribution in [0.5, 0.6) is 0 Å². The number of rotatable bonds is 8. The van der Waals surface area contributed by atoms with E-state index in [1.165, 1.54) is 36.8 Å². The highest BCUT2D eigenvalue weighted by Crippen LogP contribution is 2.30. The third-order valence-corrected chi connectivity index (χ3v) is 5.52. The molecule has 9 heteroatoms. The predicted molar refractivity (Wildman–Crippen MR) is 117 cm³/mol. The van der Waals surface area contributed by atoms with E-state index < -0.39 is 36.1 Å². The van der Waals surface area contributed by atoms with Gasteiger partial charge < -0.3 is 19.5 Å². The van der Waals surface area contributed by atoms with Crippen molar-refractivity contribution in [1.82, 2.24) is 10.6 Å². The molecule has 1 aromatic carbocycles. The molecule has 172 valence electrons. The summed E-state index contributed by atoms with van der Waals surface area (Å²) in [6.45, 7) is -0.441. The Hall–Kier alpha value is -3.88. The van der Waals surface area contributed by atoms with Crippen LogP contribution in [0.4, 0.5) is 10.1 Å². The van der Waals surface area contributed by atoms with Crippen LogP contribution in [0.3, 0.4) is 0 Å². The van der Waals surface area contributed by atoms with Gasteiger partial charge in [0.15, 0.2) is 11.8 Å². The molecule has 8 nitrogen and oxygen atoms in total. The minimum absolute atomic E-state index is 0.00178. The number of benzene rings is 1. The van der Waals surface area contributed by atoms with Crippen molar-refractivity contribution in [1.29, 1.82) is 0 Å². The van der Waals surface area contributed by atoms with E-state index in [1.807, 2.05) is 0 Å². The lowest BCUT2D eigenvalue weighted by Gasteiger charge is -2.31. The summed E-state index contributed by atoms with van der Waals surface area (Å²) in [4.78, 5) is 40.1. The molecule has 1 aliphatic carbocycles. The minimum Gasteiger partial charge on any atom is -0.467 e. The zero-order valence-electron chi connectivity index (χ0n) is 17.8. The van der Waals surface area contributed by atoms with E-state index in [2.05, 4.69) is 10.6 Å². The van der Waals surface area contributed by atoms with Crippen molar-refractivity contribution in [3.63, 3.8) is 0 Å². The standard InChI is InChI=1S/C24H24FN3O5/c25-16-6-3-9-18(14-16)28(21(29)15-26-23(30)20-11-5-13-33-20)22(19-10-4-12-32-19)24(31)27-17-7-1-2-8-17/h3-6,9-14,17,22H,1-2,7-8,15H2,(H,26,30)(H,27,31)/t22-/m0/s1. The van der Waals surface area contributed by atoms with Crippen molar-refractivity contribution in [3.8, 4) is 0 Å². The molecule has 0 bridgehead atoms. The van der Waals surface area contributed by atoms with Crippen LogP contribution in [0.1, 0.15) is 48.0 Å². The summed E-state index contributed by atoms with van der Waals surface area (Å²) in [6.07, 6.45) is 6.48. The molecular weight excluding hydrogens is 429 g/mol. The molecule has 3 aromatic rings. The van der Waals surface area contributed by atoms with E-state index >= 15 is 0 Å². The summed E-state index contributed by atoms with van der Waals surface area (Å²) in [7, 11) is 0. The van der Waals surface area contributed by atoms with Gasteiger partial charge in [-0.3, -0.25) is 19.3 Å². The predicted octanol–water partition coefficient (Wildman–Crippen LogP) is 3.57. The van der Waals surface area contributed by atoms with Gasteiger partial charge in [-0.1, -0.05) is 18.9 Å². The highest BCUT2D eigenvalue weighted by Gasteiger charge is 2.36. The second-order valence-corrected chi connectivity index (χ2v) is 7.81. The lowest BCUT2D eigenvalue weighted by atomic mass is 10.1. The molecule has 0 aliphatic heterocycles. The number of amides is 3. The number of anilines is 1. The fourth-order valence-corrected chi connectivity index (χ4v) is 3.97. The molecule has 4 rings (SSSR count). The second kappa shape index (κ2) is 10.2. The summed E-state index contributed by atoms with van der Waals surface area (Å²) >= 11 is 0. The van der Waals surface area contributed by atoms with E-state index in [0.717, 1.165) is 36.6 Å². The van der Waals surface area contributed by atoms with Crippen molar-refractivity contribution in [3.05, 3.63) is 78.4 Å². The third-order valence-electron chi connectivity index (χ3n) is 5.52. The Kier molecular flexibility index (Phi) is 6.87. The molecule has 3 amide bonds. The van der Waals surface area contributed by atoms with Crippen molar-refractivity contribution < 1.29 is 27.6 Å². The van der Waals surface area contributed by atoms with Gasteiger partial charge in [-0.2, -0.15) is 0 Å². The average Bonchev–Trinajstić information content (AvgIpc) is 3.58. The Morgan fingerprint density at radius 3 is 2.45 bits per heavy atom. The highest BCUT2D eigenvalue weighted by atomic mass is 19.1. The van der Waals surface area contributed by atoms with Gasteiger partial charge in [0.05, 0.1) is 19.1 Å². The van der Waals surface area contributed by atoms with E-state index in [1.54, 1.807) is 18.2 Å². The Balaban J connectivity index is 1.63. The number of furan rings is 2. The largest absolute Gasteiger partial charge is 0.467 e. The fourth-order valence-electron chi connectivity index (χ4n) is 3.97. The quantitative estimate of drug-likeness (QED) is 0.543. The Labute approximate surface area is 189 Å². The normalized spacial score (nSPS) is 14.6. The molecule has 0 unspecified atom stereocenters. The molecule has 0 radical (unpaired) electrons.